The van der Waals surface area contributed by atoms with Crippen LogP contribution in [0.15, 0.2) is 46.4 Å². The Balaban J connectivity index is 2.37. The van der Waals surface area contributed by atoms with Crippen LogP contribution in [0.2, 0.25) is 0 Å². The molecule has 2 rings (SSSR count). The van der Waals surface area contributed by atoms with Crippen molar-refractivity contribution in [3.05, 3.63) is 58.6 Å². The molecule has 0 saturated carbocycles. The van der Waals surface area contributed by atoms with Crippen LogP contribution < -0.4 is 10.0 Å². The summed E-state index contributed by atoms with van der Waals surface area (Å²) in [7, 11) is -3.04. The Morgan fingerprint density at radius 3 is 2.62 bits per heavy atom. The van der Waals surface area contributed by atoms with Gasteiger partial charge in [0.05, 0.1) is 10.0 Å². The first-order chi connectivity index (χ1) is 13.5. The Bertz CT molecular complexity index is 1110. The van der Waals surface area contributed by atoms with Crippen molar-refractivity contribution in [3.8, 4) is 6.07 Å². The monoisotopic (exact) mass is 490 g/mol. The lowest BCUT2D eigenvalue weighted by Gasteiger charge is -2.13. The number of hydrogen-bond acceptors (Lipinski definition) is 4. The molecule has 12 heteroatoms. The van der Waals surface area contributed by atoms with Crippen molar-refractivity contribution in [1.29, 1.82) is 5.26 Å². The fraction of sp³-hybridized carbons (Fsp3) is 0.176. The predicted molar refractivity (Wildman–Crippen MR) is 102 cm³/mol. The summed E-state index contributed by atoms with van der Waals surface area (Å²) >= 11 is 3.01. The highest BCUT2D eigenvalue weighted by Crippen LogP contribution is 2.29. The zero-order chi connectivity index (χ0) is 21.9. The smallest absolute Gasteiger partial charge is 0.273 e. The molecule has 154 valence electrons. The molecule has 29 heavy (non-hydrogen) atoms. The van der Waals surface area contributed by atoms with E-state index in [9.17, 15) is 26.4 Å². The highest BCUT2D eigenvalue weighted by molar-refractivity contribution is 9.10. The minimum absolute atomic E-state index is 0.105. The summed E-state index contributed by atoms with van der Waals surface area (Å²) in [4.78, 5) is 12.1. The lowest BCUT2D eigenvalue weighted by Crippen LogP contribution is -2.38. The van der Waals surface area contributed by atoms with E-state index in [1.54, 1.807) is 10.8 Å². The zero-order valence-electron chi connectivity index (χ0n) is 14.8. The van der Waals surface area contributed by atoms with Crippen LogP contribution >= 0.6 is 15.9 Å². The number of aryl methyl sites for hydroxylation is 1. The lowest BCUT2D eigenvalue weighted by molar-refractivity contribution is 0.101. The molecular formula is C17H14BrF3N4O3S. The van der Waals surface area contributed by atoms with Gasteiger partial charge in [-0.25, -0.2) is 21.6 Å². The van der Waals surface area contributed by atoms with E-state index in [0.717, 1.165) is 24.4 Å². The number of sulfonamides is 1. The van der Waals surface area contributed by atoms with Gasteiger partial charge < -0.3 is 9.88 Å². The molecule has 0 fully saturated rings. The Labute approximate surface area is 173 Å². The van der Waals surface area contributed by atoms with Gasteiger partial charge in [-0.3, -0.25) is 4.79 Å². The molecular weight excluding hydrogens is 477 g/mol. The summed E-state index contributed by atoms with van der Waals surface area (Å²) in [6.45, 7) is 3.16. The molecule has 0 radical (unpaired) electrons. The first-order valence-corrected chi connectivity index (χ1v) is 10.1. The van der Waals surface area contributed by atoms with Crippen LogP contribution in [0.1, 0.15) is 16.1 Å². The van der Waals surface area contributed by atoms with Crippen molar-refractivity contribution in [2.75, 3.05) is 5.32 Å². The maximum Gasteiger partial charge on any atom is 0.273 e. The molecule has 1 aromatic carbocycles. The number of nitrogens with zero attached hydrogens (tertiary/aromatic N) is 2. The number of halogens is 4. The molecule has 1 heterocycles. The van der Waals surface area contributed by atoms with Gasteiger partial charge in [0.1, 0.15) is 28.5 Å². The molecule has 2 aromatic rings. The highest BCUT2D eigenvalue weighted by atomic mass is 79.9. The van der Waals surface area contributed by atoms with Crippen LogP contribution in [-0.2, 0) is 17.1 Å². The SMILES string of the molecule is C=CC(NS(=O)(=O)c1cn(C)c(C(=O)Nc2ccc(F)c(C#N)c2)c1Br)C(F)F. The summed E-state index contributed by atoms with van der Waals surface area (Å²) in [6, 6.07) is 3.15. The number of aromatic nitrogens is 1. The van der Waals surface area contributed by atoms with Crippen LogP contribution in [0.5, 0.6) is 0 Å². The third-order valence-corrected chi connectivity index (χ3v) is 6.29. The molecule has 0 bridgehead atoms. The molecule has 1 unspecified atom stereocenters. The maximum atomic E-state index is 13.4. The molecule has 1 aromatic heterocycles. The average molecular weight is 491 g/mol. The van der Waals surface area contributed by atoms with Gasteiger partial charge >= 0.3 is 0 Å². The molecule has 2 N–H and O–H groups in total. The van der Waals surface area contributed by atoms with E-state index in [4.69, 9.17) is 5.26 Å². The minimum atomic E-state index is -4.41. The van der Waals surface area contributed by atoms with E-state index in [1.165, 1.54) is 17.7 Å². The van der Waals surface area contributed by atoms with Gasteiger partial charge in [-0.15, -0.1) is 6.58 Å². The quantitative estimate of drug-likeness (QED) is 0.581. The van der Waals surface area contributed by atoms with Gasteiger partial charge in [-0.05, 0) is 34.1 Å². The van der Waals surface area contributed by atoms with Crippen LogP contribution in [0.25, 0.3) is 0 Å². The van der Waals surface area contributed by atoms with Gasteiger partial charge in [-0.2, -0.15) is 9.98 Å². The predicted octanol–water partition coefficient (Wildman–Crippen LogP) is 3.15. The zero-order valence-corrected chi connectivity index (χ0v) is 17.2. The molecule has 0 aliphatic heterocycles. The molecule has 0 aliphatic rings. The van der Waals surface area contributed by atoms with E-state index in [-0.39, 0.29) is 21.4 Å². The van der Waals surface area contributed by atoms with Gasteiger partial charge in [0.15, 0.2) is 0 Å². The van der Waals surface area contributed by atoms with E-state index in [0.29, 0.717) is 0 Å². The molecule has 0 spiro atoms. The summed E-state index contributed by atoms with van der Waals surface area (Å²) in [5.74, 6) is -1.54. The first kappa shape index (κ1) is 22.7. The van der Waals surface area contributed by atoms with Crippen molar-refractivity contribution >= 4 is 37.5 Å². The first-order valence-electron chi connectivity index (χ1n) is 7.80. The number of anilines is 1. The summed E-state index contributed by atoms with van der Waals surface area (Å²) in [6.07, 6.45) is -1.19. The van der Waals surface area contributed by atoms with Crippen molar-refractivity contribution in [2.45, 2.75) is 17.4 Å². The van der Waals surface area contributed by atoms with Gasteiger partial charge in [0.25, 0.3) is 12.3 Å². The van der Waals surface area contributed by atoms with E-state index >= 15 is 0 Å². The summed E-state index contributed by atoms with van der Waals surface area (Å²) < 4.78 is 66.8. The molecule has 1 amide bonds. The van der Waals surface area contributed by atoms with Crippen LogP contribution in [-0.4, -0.2) is 31.4 Å². The normalized spacial score (nSPS) is 12.4. The fourth-order valence-corrected chi connectivity index (χ4v) is 4.86. The number of amides is 1. The maximum absolute atomic E-state index is 13.4. The second-order valence-electron chi connectivity index (χ2n) is 5.74. The lowest BCUT2D eigenvalue weighted by atomic mass is 10.2. The van der Waals surface area contributed by atoms with Gasteiger partial charge in [0, 0.05) is 18.9 Å². The Hall–Kier alpha value is -2.62. The number of carbonyl (C=O) groups excluding carboxylic acids is 1. The second-order valence-corrected chi connectivity index (χ2v) is 8.22. The Morgan fingerprint density at radius 2 is 2.07 bits per heavy atom. The largest absolute Gasteiger partial charge is 0.344 e. The number of nitrogens with one attached hydrogen (secondary N) is 2. The minimum Gasteiger partial charge on any atom is -0.344 e. The van der Waals surface area contributed by atoms with E-state index in [1.807, 2.05) is 0 Å². The molecule has 7 nitrogen and oxygen atoms in total. The standard InChI is InChI=1S/C17H14BrF3N4O3S/c1-3-12(16(20)21)24-29(27,28)13-8-25(2)15(14(13)18)17(26)23-10-4-5-11(19)9(6-10)7-22/h3-6,8,12,16,24H,1H2,2H3,(H,23,26). The number of benzene rings is 1. The summed E-state index contributed by atoms with van der Waals surface area (Å²) in [5, 5.41) is 11.3. The van der Waals surface area contributed by atoms with Crippen molar-refractivity contribution in [2.24, 2.45) is 7.05 Å². The van der Waals surface area contributed by atoms with Crippen LogP contribution in [0.4, 0.5) is 18.9 Å². The highest BCUT2D eigenvalue weighted by Gasteiger charge is 2.30. The van der Waals surface area contributed by atoms with Crippen LogP contribution in [0, 0.1) is 17.1 Å². The van der Waals surface area contributed by atoms with Crippen LogP contribution in [0.3, 0.4) is 0 Å². The van der Waals surface area contributed by atoms with Crippen molar-refractivity contribution in [3.63, 3.8) is 0 Å². The van der Waals surface area contributed by atoms with Gasteiger partial charge in [-0.1, -0.05) is 6.08 Å². The third kappa shape index (κ3) is 4.87. The van der Waals surface area contributed by atoms with E-state index < -0.39 is 39.1 Å². The number of carbonyl (C=O) groups is 1. The average Bonchev–Trinajstić information content (AvgIpc) is 2.96. The number of nitriles is 1. The third-order valence-electron chi connectivity index (χ3n) is 3.75. The number of hydrogen-bond donors (Lipinski definition) is 2. The molecule has 0 aliphatic carbocycles. The van der Waals surface area contributed by atoms with Crippen molar-refractivity contribution in [1.82, 2.24) is 9.29 Å². The van der Waals surface area contributed by atoms with E-state index in [2.05, 4.69) is 27.8 Å². The molecule has 0 saturated heterocycles. The topological polar surface area (TPSA) is 104 Å². The number of rotatable bonds is 7. The number of alkyl halides is 2. The fourth-order valence-electron chi connectivity index (χ4n) is 2.34. The summed E-state index contributed by atoms with van der Waals surface area (Å²) in [5.41, 5.74) is -0.322. The molecule has 1 atom stereocenters. The van der Waals surface area contributed by atoms with Crippen molar-refractivity contribution < 1.29 is 26.4 Å². The Morgan fingerprint density at radius 1 is 1.41 bits per heavy atom. The van der Waals surface area contributed by atoms with Gasteiger partial charge in [0.2, 0.25) is 10.0 Å². The Kier molecular flexibility index (Phi) is 6.89. The second kappa shape index (κ2) is 8.81.